The maximum absolute atomic E-state index is 12.8. The number of ether oxygens (including phenoxy) is 1. The van der Waals surface area contributed by atoms with Crippen molar-refractivity contribution in [1.82, 2.24) is 9.88 Å². The summed E-state index contributed by atoms with van der Waals surface area (Å²) < 4.78 is 5.41. The lowest BCUT2D eigenvalue weighted by Crippen LogP contribution is -2.43. The molecule has 0 saturated carbocycles. The molecule has 2 amide bonds. The number of amides is 2. The smallest absolute Gasteiger partial charge is 0.410 e. The van der Waals surface area contributed by atoms with Gasteiger partial charge in [0.25, 0.3) is 0 Å². The van der Waals surface area contributed by atoms with Crippen molar-refractivity contribution in [3.63, 3.8) is 0 Å². The summed E-state index contributed by atoms with van der Waals surface area (Å²) in [5.41, 5.74) is 3.13. The van der Waals surface area contributed by atoms with Gasteiger partial charge in [0.05, 0.1) is 5.69 Å². The van der Waals surface area contributed by atoms with Gasteiger partial charge in [-0.2, -0.15) is 0 Å². The maximum atomic E-state index is 12.8. The Hall–Kier alpha value is -3.19. The molecule has 2 heterocycles. The monoisotopic (exact) mass is 435 g/mol. The fourth-order valence-electron chi connectivity index (χ4n) is 3.65. The van der Waals surface area contributed by atoms with E-state index in [4.69, 9.17) is 4.74 Å². The van der Waals surface area contributed by atoms with E-state index in [1.54, 1.807) is 0 Å². The fourth-order valence-corrected chi connectivity index (χ4v) is 4.39. The number of rotatable bonds is 7. The van der Waals surface area contributed by atoms with Crippen LogP contribution in [0.4, 0.5) is 9.93 Å². The Morgan fingerprint density at radius 2 is 1.74 bits per heavy atom. The molecule has 31 heavy (non-hydrogen) atoms. The van der Waals surface area contributed by atoms with Gasteiger partial charge in [0.1, 0.15) is 12.6 Å². The van der Waals surface area contributed by atoms with Crippen LogP contribution in [0.25, 0.3) is 0 Å². The molecule has 0 spiro atoms. The second kappa shape index (κ2) is 10.2. The molecule has 1 N–H and O–H groups in total. The average molecular weight is 436 g/mol. The molecule has 1 aromatic heterocycles. The topological polar surface area (TPSA) is 71.5 Å². The van der Waals surface area contributed by atoms with Gasteiger partial charge in [0.2, 0.25) is 5.91 Å². The van der Waals surface area contributed by atoms with E-state index in [9.17, 15) is 9.59 Å². The van der Waals surface area contributed by atoms with Gasteiger partial charge in [0, 0.05) is 11.9 Å². The predicted molar refractivity (Wildman–Crippen MR) is 121 cm³/mol. The molecular formula is C24H25N3O3S. The zero-order valence-electron chi connectivity index (χ0n) is 17.2. The summed E-state index contributed by atoms with van der Waals surface area (Å²) in [6.07, 6.45) is 2.67. The number of nitrogens with one attached hydrogen (secondary N) is 1. The first-order valence-electron chi connectivity index (χ1n) is 10.5. The highest BCUT2D eigenvalue weighted by Gasteiger charge is 2.35. The Kier molecular flexibility index (Phi) is 6.94. The second-order valence-electron chi connectivity index (χ2n) is 7.51. The number of likely N-dealkylation sites (tertiary alicyclic amines) is 1. The first-order chi connectivity index (χ1) is 15.2. The predicted octanol–water partition coefficient (Wildman–Crippen LogP) is 4.67. The molecule has 1 fully saturated rings. The van der Waals surface area contributed by atoms with Gasteiger partial charge in [-0.15, -0.1) is 11.3 Å². The van der Waals surface area contributed by atoms with Crippen LogP contribution >= 0.6 is 11.3 Å². The lowest BCUT2D eigenvalue weighted by Gasteiger charge is -2.22. The van der Waals surface area contributed by atoms with Crippen LogP contribution in [-0.4, -0.2) is 34.5 Å². The van der Waals surface area contributed by atoms with Crippen LogP contribution in [0, 0.1) is 0 Å². The number of benzene rings is 2. The van der Waals surface area contributed by atoms with E-state index in [1.807, 2.05) is 53.9 Å². The van der Waals surface area contributed by atoms with E-state index < -0.39 is 12.1 Å². The van der Waals surface area contributed by atoms with Gasteiger partial charge in [0.15, 0.2) is 5.13 Å². The summed E-state index contributed by atoms with van der Waals surface area (Å²) >= 11 is 1.41. The number of aromatic nitrogens is 1. The molecule has 1 unspecified atom stereocenters. The Balaban J connectivity index is 1.29. The van der Waals surface area contributed by atoms with Crippen LogP contribution in [-0.2, 0) is 29.0 Å². The molecule has 1 saturated heterocycles. The standard InChI is InChI=1S/C24H25N3O3S/c28-22(26-23-25-20(17-31-23)14-13-18-8-3-1-4-9-18)21-12-7-15-27(21)24(29)30-16-19-10-5-2-6-11-19/h1-6,8-11,17,21H,7,12-16H2,(H,25,26,28). The highest BCUT2D eigenvalue weighted by molar-refractivity contribution is 7.13. The van der Waals surface area contributed by atoms with Gasteiger partial charge in [-0.25, -0.2) is 9.78 Å². The largest absolute Gasteiger partial charge is 0.445 e. The molecule has 0 bridgehead atoms. The van der Waals surface area contributed by atoms with E-state index in [0.717, 1.165) is 30.5 Å². The van der Waals surface area contributed by atoms with E-state index in [0.29, 0.717) is 18.1 Å². The van der Waals surface area contributed by atoms with Crippen molar-refractivity contribution in [2.75, 3.05) is 11.9 Å². The molecule has 7 heteroatoms. The molecular weight excluding hydrogens is 410 g/mol. The number of carbonyl (C=O) groups is 2. The van der Waals surface area contributed by atoms with Crippen LogP contribution in [0.5, 0.6) is 0 Å². The first kappa shape index (κ1) is 21.1. The van der Waals surface area contributed by atoms with Crippen molar-refractivity contribution in [3.8, 4) is 0 Å². The molecule has 6 nitrogen and oxygen atoms in total. The fraction of sp³-hybridized carbons (Fsp3) is 0.292. The van der Waals surface area contributed by atoms with Crippen LogP contribution in [0.3, 0.4) is 0 Å². The quantitative estimate of drug-likeness (QED) is 0.586. The van der Waals surface area contributed by atoms with Gasteiger partial charge in [-0.3, -0.25) is 9.69 Å². The van der Waals surface area contributed by atoms with E-state index in [1.165, 1.54) is 21.8 Å². The summed E-state index contributed by atoms with van der Waals surface area (Å²) in [6.45, 7) is 0.716. The molecule has 4 rings (SSSR count). The summed E-state index contributed by atoms with van der Waals surface area (Å²) in [4.78, 5) is 31.4. The van der Waals surface area contributed by atoms with Gasteiger partial charge < -0.3 is 10.1 Å². The molecule has 1 aliphatic rings. The number of aryl methyl sites for hydroxylation is 2. The van der Waals surface area contributed by atoms with Gasteiger partial charge >= 0.3 is 6.09 Å². The summed E-state index contributed by atoms with van der Waals surface area (Å²) in [6, 6.07) is 19.2. The number of thiazole rings is 1. The summed E-state index contributed by atoms with van der Waals surface area (Å²) in [5, 5.41) is 5.42. The Labute approximate surface area is 185 Å². The minimum atomic E-state index is -0.528. The SMILES string of the molecule is O=C(Nc1nc(CCc2ccccc2)cs1)C1CCCN1C(=O)OCc1ccccc1. The number of nitrogens with zero attached hydrogens (tertiary/aromatic N) is 2. The Morgan fingerprint density at radius 1 is 1.03 bits per heavy atom. The van der Waals surface area contributed by atoms with E-state index >= 15 is 0 Å². The number of hydrogen-bond donors (Lipinski definition) is 1. The van der Waals surface area contributed by atoms with Crippen molar-refractivity contribution in [1.29, 1.82) is 0 Å². The van der Waals surface area contributed by atoms with Crippen LogP contribution in [0.15, 0.2) is 66.0 Å². The van der Waals surface area contributed by atoms with E-state index in [2.05, 4.69) is 22.4 Å². The molecule has 0 radical (unpaired) electrons. The van der Waals surface area contributed by atoms with E-state index in [-0.39, 0.29) is 12.5 Å². The van der Waals surface area contributed by atoms with Crippen LogP contribution < -0.4 is 5.32 Å². The van der Waals surface area contributed by atoms with Crippen molar-refractivity contribution >= 4 is 28.5 Å². The summed E-state index contributed by atoms with van der Waals surface area (Å²) in [7, 11) is 0. The molecule has 160 valence electrons. The third-order valence-corrected chi connectivity index (χ3v) is 6.10. The van der Waals surface area contributed by atoms with Gasteiger partial charge in [-0.1, -0.05) is 60.7 Å². The van der Waals surface area contributed by atoms with Gasteiger partial charge in [-0.05, 0) is 36.8 Å². The maximum Gasteiger partial charge on any atom is 0.410 e. The van der Waals surface area contributed by atoms with Crippen molar-refractivity contribution < 1.29 is 14.3 Å². The highest BCUT2D eigenvalue weighted by Crippen LogP contribution is 2.23. The zero-order valence-corrected chi connectivity index (χ0v) is 18.0. The second-order valence-corrected chi connectivity index (χ2v) is 8.37. The Bertz CT molecular complexity index is 1010. The third kappa shape index (κ3) is 5.70. The minimum Gasteiger partial charge on any atom is -0.445 e. The lowest BCUT2D eigenvalue weighted by molar-refractivity contribution is -0.120. The summed E-state index contributed by atoms with van der Waals surface area (Å²) in [5.74, 6) is -0.210. The van der Waals surface area contributed by atoms with Crippen molar-refractivity contribution in [3.05, 3.63) is 82.9 Å². The average Bonchev–Trinajstić information content (AvgIpc) is 3.47. The number of hydrogen-bond acceptors (Lipinski definition) is 5. The normalized spacial score (nSPS) is 15.6. The molecule has 2 aromatic carbocycles. The van der Waals surface area contributed by atoms with Crippen molar-refractivity contribution in [2.24, 2.45) is 0 Å². The molecule has 1 aliphatic heterocycles. The number of carbonyl (C=O) groups excluding carboxylic acids is 2. The molecule has 0 aliphatic carbocycles. The molecule has 1 atom stereocenters. The van der Waals surface area contributed by atoms with Crippen LogP contribution in [0.2, 0.25) is 0 Å². The minimum absolute atomic E-state index is 0.196. The third-order valence-electron chi connectivity index (χ3n) is 5.29. The first-order valence-corrected chi connectivity index (χ1v) is 11.3. The Morgan fingerprint density at radius 3 is 2.48 bits per heavy atom. The number of anilines is 1. The van der Waals surface area contributed by atoms with Crippen LogP contribution in [0.1, 0.15) is 29.7 Å². The highest BCUT2D eigenvalue weighted by atomic mass is 32.1. The van der Waals surface area contributed by atoms with Crippen molar-refractivity contribution in [2.45, 2.75) is 38.3 Å². The zero-order chi connectivity index (χ0) is 21.5. The molecule has 3 aromatic rings. The lowest BCUT2D eigenvalue weighted by atomic mass is 10.1.